The normalized spacial score (nSPS) is 10.2. The summed E-state index contributed by atoms with van der Waals surface area (Å²) < 4.78 is 22.6. The first-order valence-corrected chi connectivity index (χ1v) is 11.8. The van der Waals surface area contributed by atoms with Crippen molar-refractivity contribution in [2.75, 3.05) is 26.4 Å². The van der Waals surface area contributed by atoms with E-state index in [4.69, 9.17) is 29.5 Å². The van der Waals surface area contributed by atoms with Crippen molar-refractivity contribution in [3.63, 3.8) is 0 Å². The quantitative estimate of drug-likeness (QED) is 0.141. The predicted octanol–water partition coefficient (Wildman–Crippen LogP) is 3.18. The third-order valence-electron chi connectivity index (χ3n) is 5.52. The summed E-state index contributed by atoms with van der Waals surface area (Å²) in [6.07, 6.45) is 5.85. The van der Waals surface area contributed by atoms with Gasteiger partial charge in [0.15, 0.2) is 0 Å². The molecule has 0 atom stereocenters. The molecule has 0 aliphatic rings. The van der Waals surface area contributed by atoms with E-state index >= 15 is 0 Å². The summed E-state index contributed by atoms with van der Waals surface area (Å²) >= 11 is 0. The Morgan fingerprint density at radius 2 is 1.32 bits per heavy atom. The smallest absolute Gasteiger partial charge is 0.330 e. The van der Waals surface area contributed by atoms with Gasteiger partial charge in [-0.15, -0.1) is 0 Å². The largest absolute Gasteiger partial charge is 0.465 e. The standard InChI is InChI=1S/C29H27N3O8/c1-4-25(33)37-17-29(18-38-26(34)5-2,19-39-27(35)6-3)20-40-28(36)11-12-32-16-22(13-21(14-30)15-31)23-9-7-8-10-24(23)32/h4-10,13,16H,1-3,11-12,17-20H2. The van der Waals surface area contributed by atoms with Crippen molar-refractivity contribution >= 4 is 40.9 Å². The summed E-state index contributed by atoms with van der Waals surface area (Å²) in [7, 11) is 0. The van der Waals surface area contributed by atoms with Crippen LogP contribution in [-0.4, -0.2) is 54.9 Å². The maximum absolute atomic E-state index is 12.8. The van der Waals surface area contributed by atoms with Crippen molar-refractivity contribution in [2.24, 2.45) is 5.41 Å². The molecular formula is C29H27N3O8. The van der Waals surface area contributed by atoms with Crippen LogP contribution in [0.25, 0.3) is 17.0 Å². The average Bonchev–Trinajstić information content (AvgIpc) is 3.34. The zero-order valence-corrected chi connectivity index (χ0v) is 21.7. The van der Waals surface area contributed by atoms with E-state index in [0.717, 1.165) is 29.1 Å². The number of fused-ring (bicyclic) bond motifs is 1. The number of esters is 4. The van der Waals surface area contributed by atoms with Crippen molar-refractivity contribution in [3.8, 4) is 12.1 Å². The second kappa shape index (κ2) is 15.1. The van der Waals surface area contributed by atoms with Gasteiger partial charge in [0.2, 0.25) is 0 Å². The van der Waals surface area contributed by atoms with Gasteiger partial charge < -0.3 is 23.5 Å². The molecule has 0 radical (unpaired) electrons. The molecule has 0 bridgehead atoms. The van der Waals surface area contributed by atoms with Crippen LogP contribution in [0.5, 0.6) is 0 Å². The lowest BCUT2D eigenvalue weighted by atomic mass is 9.92. The van der Waals surface area contributed by atoms with E-state index in [1.165, 1.54) is 6.08 Å². The number of aromatic nitrogens is 1. The van der Waals surface area contributed by atoms with E-state index in [-0.39, 0.29) is 18.5 Å². The van der Waals surface area contributed by atoms with Crippen LogP contribution in [0, 0.1) is 28.1 Å². The summed E-state index contributed by atoms with van der Waals surface area (Å²) in [5.74, 6) is -3.02. The molecule has 11 nitrogen and oxygen atoms in total. The number of carbonyl (C=O) groups excluding carboxylic acids is 4. The molecule has 1 aromatic heterocycles. The summed E-state index contributed by atoms with van der Waals surface area (Å²) in [5, 5.41) is 19.0. The highest BCUT2D eigenvalue weighted by molar-refractivity contribution is 5.91. The number of para-hydroxylation sites is 1. The SMILES string of the molecule is C=CC(=O)OCC(COC(=O)C=C)(COC(=O)C=C)COC(=O)CCn1cc(C=C(C#N)C#N)c2ccccc21. The second-order valence-electron chi connectivity index (χ2n) is 8.42. The van der Waals surface area contributed by atoms with E-state index in [1.807, 2.05) is 36.4 Å². The molecule has 0 fully saturated rings. The molecule has 0 spiro atoms. The zero-order chi connectivity index (χ0) is 29.5. The van der Waals surface area contributed by atoms with Gasteiger partial charge in [-0.05, 0) is 12.1 Å². The van der Waals surface area contributed by atoms with E-state index in [9.17, 15) is 19.2 Å². The fraction of sp³-hybridized carbons (Fsp3) is 0.241. The molecule has 0 amide bonds. The molecule has 0 saturated carbocycles. The summed E-state index contributed by atoms with van der Waals surface area (Å²) in [6.45, 7) is 8.42. The molecular weight excluding hydrogens is 518 g/mol. The second-order valence-corrected chi connectivity index (χ2v) is 8.42. The molecule has 206 valence electrons. The van der Waals surface area contributed by atoms with E-state index in [0.29, 0.717) is 5.56 Å². The lowest BCUT2D eigenvalue weighted by Crippen LogP contribution is -2.43. The number of ether oxygens (including phenoxy) is 4. The number of aryl methyl sites for hydroxylation is 1. The lowest BCUT2D eigenvalue weighted by Gasteiger charge is -2.31. The zero-order valence-electron chi connectivity index (χ0n) is 21.7. The number of allylic oxidation sites excluding steroid dienone is 1. The first kappa shape index (κ1) is 30.8. The average molecular weight is 546 g/mol. The molecule has 40 heavy (non-hydrogen) atoms. The minimum atomic E-state index is -1.44. The summed E-state index contributed by atoms with van der Waals surface area (Å²) in [5.41, 5.74) is -0.0900. The van der Waals surface area contributed by atoms with Crippen molar-refractivity contribution < 1.29 is 38.1 Å². The van der Waals surface area contributed by atoms with Gasteiger partial charge in [0.1, 0.15) is 49.6 Å². The molecule has 11 heteroatoms. The Kier molecular flexibility index (Phi) is 11.6. The fourth-order valence-electron chi connectivity index (χ4n) is 3.44. The van der Waals surface area contributed by atoms with E-state index in [1.54, 1.807) is 10.8 Å². The minimum Gasteiger partial charge on any atom is -0.465 e. The fourth-order valence-corrected chi connectivity index (χ4v) is 3.44. The van der Waals surface area contributed by atoms with Gasteiger partial charge in [0.25, 0.3) is 0 Å². The molecule has 2 aromatic rings. The first-order chi connectivity index (χ1) is 19.2. The van der Waals surface area contributed by atoms with Crippen LogP contribution < -0.4 is 0 Å². The first-order valence-electron chi connectivity index (χ1n) is 11.8. The molecule has 2 rings (SSSR count). The molecule has 0 unspecified atom stereocenters. The van der Waals surface area contributed by atoms with Gasteiger partial charge >= 0.3 is 23.9 Å². The number of hydrogen-bond donors (Lipinski definition) is 0. The Morgan fingerprint density at radius 3 is 1.82 bits per heavy atom. The number of nitriles is 2. The number of benzene rings is 1. The van der Waals surface area contributed by atoms with Gasteiger partial charge in [0, 0.05) is 47.4 Å². The van der Waals surface area contributed by atoms with Crippen LogP contribution in [0.2, 0.25) is 0 Å². The lowest BCUT2D eigenvalue weighted by molar-refractivity contribution is -0.166. The predicted molar refractivity (Wildman–Crippen MR) is 143 cm³/mol. The topological polar surface area (TPSA) is 158 Å². The third kappa shape index (κ3) is 8.85. The molecule has 0 aliphatic carbocycles. The Labute approximate surface area is 230 Å². The van der Waals surface area contributed by atoms with Crippen LogP contribution in [0.15, 0.2) is 74.0 Å². The van der Waals surface area contributed by atoms with Crippen molar-refractivity contribution in [1.82, 2.24) is 4.57 Å². The summed E-state index contributed by atoms with van der Waals surface area (Å²) in [6, 6.07) is 10.9. The highest BCUT2D eigenvalue weighted by atomic mass is 16.6. The van der Waals surface area contributed by atoms with Crippen LogP contribution in [0.1, 0.15) is 12.0 Å². The molecule has 0 N–H and O–H groups in total. The van der Waals surface area contributed by atoms with Crippen LogP contribution in [0.3, 0.4) is 0 Å². The molecule has 0 saturated heterocycles. The summed E-state index contributed by atoms with van der Waals surface area (Å²) in [4.78, 5) is 47.9. The Bertz CT molecular complexity index is 1350. The Hall–Kier alpha value is -5.42. The number of nitrogens with zero attached hydrogens (tertiary/aromatic N) is 3. The van der Waals surface area contributed by atoms with Crippen LogP contribution in [0.4, 0.5) is 0 Å². The van der Waals surface area contributed by atoms with Crippen LogP contribution >= 0.6 is 0 Å². The number of hydrogen-bond acceptors (Lipinski definition) is 10. The van der Waals surface area contributed by atoms with Gasteiger partial charge in [-0.3, -0.25) is 4.79 Å². The number of rotatable bonds is 15. The maximum atomic E-state index is 12.8. The van der Waals surface area contributed by atoms with Gasteiger partial charge in [-0.25, -0.2) is 14.4 Å². The highest BCUT2D eigenvalue weighted by Gasteiger charge is 2.37. The van der Waals surface area contributed by atoms with Crippen molar-refractivity contribution in [3.05, 3.63) is 79.6 Å². The minimum absolute atomic E-state index is 0.0647. The van der Waals surface area contributed by atoms with Crippen molar-refractivity contribution in [2.45, 2.75) is 13.0 Å². The van der Waals surface area contributed by atoms with Gasteiger partial charge in [-0.1, -0.05) is 37.9 Å². The third-order valence-corrected chi connectivity index (χ3v) is 5.52. The monoisotopic (exact) mass is 545 g/mol. The maximum Gasteiger partial charge on any atom is 0.330 e. The Morgan fingerprint density at radius 1 is 0.825 bits per heavy atom. The highest BCUT2D eigenvalue weighted by Crippen LogP contribution is 2.25. The van der Waals surface area contributed by atoms with Crippen LogP contribution in [-0.2, 0) is 44.7 Å². The molecule has 1 heterocycles. The molecule has 1 aromatic carbocycles. The van der Waals surface area contributed by atoms with E-state index < -0.39 is 55.7 Å². The van der Waals surface area contributed by atoms with Gasteiger partial charge in [0.05, 0.1) is 6.42 Å². The molecule has 0 aliphatic heterocycles. The van der Waals surface area contributed by atoms with Crippen molar-refractivity contribution in [1.29, 1.82) is 10.5 Å². The number of carbonyl (C=O) groups is 4. The Balaban J connectivity index is 2.22. The van der Waals surface area contributed by atoms with Gasteiger partial charge in [-0.2, -0.15) is 10.5 Å². The van der Waals surface area contributed by atoms with E-state index in [2.05, 4.69) is 19.7 Å².